The predicted molar refractivity (Wildman–Crippen MR) is 69.8 cm³/mol. The molecule has 0 amide bonds. The van der Waals surface area contributed by atoms with Crippen LogP contribution in [0.25, 0.3) is 0 Å². The number of aliphatic hydroxyl groups is 1. The minimum absolute atomic E-state index is 0.286. The number of benzene rings is 1. The summed E-state index contributed by atoms with van der Waals surface area (Å²) in [6, 6.07) is 3.60. The van der Waals surface area contributed by atoms with Gasteiger partial charge in [0.25, 0.3) is 0 Å². The molecule has 0 aliphatic carbocycles. The summed E-state index contributed by atoms with van der Waals surface area (Å²) >= 11 is 0. The lowest BCUT2D eigenvalue weighted by Gasteiger charge is -2.21. The van der Waals surface area contributed by atoms with E-state index < -0.39 is 29.7 Å². The van der Waals surface area contributed by atoms with E-state index in [-0.39, 0.29) is 5.56 Å². The van der Waals surface area contributed by atoms with E-state index in [4.69, 9.17) is 14.9 Å². The molecule has 0 aliphatic heterocycles. The SMILES string of the molecule is CO[C@H](CC/C=C/C(=O)O)[C@H](O)c1ccc(O)c(F)c1. The predicted octanol–water partition coefficient (Wildman–Crippen LogP) is 2.00. The van der Waals surface area contributed by atoms with Crippen LogP contribution in [0.3, 0.4) is 0 Å². The Balaban J connectivity index is 2.68. The van der Waals surface area contributed by atoms with Gasteiger partial charge in [-0.25, -0.2) is 9.18 Å². The molecular weight excluding hydrogens is 267 g/mol. The van der Waals surface area contributed by atoms with Gasteiger partial charge in [-0.15, -0.1) is 0 Å². The van der Waals surface area contributed by atoms with E-state index >= 15 is 0 Å². The molecule has 0 saturated heterocycles. The number of carbonyl (C=O) groups is 1. The lowest BCUT2D eigenvalue weighted by molar-refractivity contribution is -0.131. The Bertz CT molecular complexity index is 486. The zero-order chi connectivity index (χ0) is 15.1. The highest BCUT2D eigenvalue weighted by molar-refractivity contribution is 5.79. The maximum absolute atomic E-state index is 13.2. The fraction of sp³-hybridized carbons (Fsp3) is 0.357. The highest BCUT2D eigenvalue weighted by Crippen LogP contribution is 2.26. The van der Waals surface area contributed by atoms with E-state index in [1.54, 1.807) is 0 Å². The van der Waals surface area contributed by atoms with Crippen molar-refractivity contribution < 1.29 is 29.2 Å². The molecule has 0 fully saturated rings. The van der Waals surface area contributed by atoms with E-state index in [0.717, 1.165) is 18.2 Å². The van der Waals surface area contributed by atoms with Gasteiger partial charge in [-0.1, -0.05) is 12.1 Å². The van der Waals surface area contributed by atoms with Crippen molar-refractivity contribution >= 4 is 5.97 Å². The van der Waals surface area contributed by atoms with Crippen LogP contribution in [0.4, 0.5) is 4.39 Å². The normalized spacial score (nSPS) is 14.3. The molecule has 3 N–H and O–H groups in total. The van der Waals surface area contributed by atoms with Crippen molar-refractivity contribution in [2.45, 2.75) is 25.0 Å². The Labute approximate surface area is 115 Å². The maximum Gasteiger partial charge on any atom is 0.327 e. The largest absolute Gasteiger partial charge is 0.505 e. The summed E-state index contributed by atoms with van der Waals surface area (Å²) in [5.41, 5.74) is 0.286. The first-order valence-electron chi connectivity index (χ1n) is 6.04. The molecule has 20 heavy (non-hydrogen) atoms. The Morgan fingerprint density at radius 3 is 2.75 bits per heavy atom. The second-order valence-corrected chi connectivity index (χ2v) is 4.25. The molecule has 0 bridgehead atoms. The molecule has 2 atom stereocenters. The zero-order valence-corrected chi connectivity index (χ0v) is 11.0. The minimum Gasteiger partial charge on any atom is -0.505 e. The van der Waals surface area contributed by atoms with E-state index in [1.807, 2.05) is 0 Å². The third-order valence-corrected chi connectivity index (χ3v) is 2.85. The molecule has 6 heteroatoms. The smallest absolute Gasteiger partial charge is 0.327 e. The van der Waals surface area contributed by atoms with Gasteiger partial charge in [0.15, 0.2) is 11.6 Å². The topological polar surface area (TPSA) is 87.0 Å². The molecule has 1 rings (SSSR count). The monoisotopic (exact) mass is 284 g/mol. The molecule has 0 aromatic heterocycles. The average molecular weight is 284 g/mol. The number of hydrogen-bond acceptors (Lipinski definition) is 4. The highest BCUT2D eigenvalue weighted by atomic mass is 19.1. The number of aliphatic hydroxyl groups excluding tert-OH is 1. The van der Waals surface area contributed by atoms with Crippen LogP contribution in [0.2, 0.25) is 0 Å². The van der Waals surface area contributed by atoms with Crippen molar-refractivity contribution in [3.63, 3.8) is 0 Å². The number of ether oxygens (including phenoxy) is 1. The van der Waals surface area contributed by atoms with Crippen molar-refractivity contribution in [1.82, 2.24) is 0 Å². The minimum atomic E-state index is -1.06. The lowest BCUT2D eigenvalue weighted by Crippen LogP contribution is -2.20. The summed E-state index contributed by atoms with van der Waals surface area (Å²) < 4.78 is 18.4. The number of phenols is 1. The van der Waals surface area contributed by atoms with Gasteiger partial charge in [-0.3, -0.25) is 0 Å². The van der Waals surface area contributed by atoms with Gasteiger partial charge in [0, 0.05) is 13.2 Å². The third kappa shape index (κ3) is 4.64. The number of methoxy groups -OCH3 is 1. The van der Waals surface area contributed by atoms with E-state index in [1.165, 1.54) is 19.3 Å². The average Bonchev–Trinajstić information content (AvgIpc) is 2.41. The molecule has 110 valence electrons. The highest BCUT2D eigenvalue weighted by Gasteiger charge is 2.21. The zero-order valence-electron chi connectivity index (χ0n) is 11.0. The number of rotatable bonds is 7. The van der Waals surface area contributed by atoms with Gasteiger partial charge in [0.1, 0.15) is 6.10 Å². The van der Waals surface area contributed by atoms with Gasteiger partial charge in [0.05, 0.1) is 6.10 Å². The standard InChI is InChI=1S/C14H17FO5/c1-20-12(4-2-3-5-13(17)18)14(19)9-6-7-11(16)10(15)8-9/h3,5-8,12,14,16,19H,2,4H2,1H3,(H,17,18)/b5-3+/t12-,14-/m1/s1. The molecule has 0 unspecified atom stereocenters. The Hall–Kier alpha value is -1.92. The van der Waals surface area contributed by atoms with Crippen molar-refractivity contribution in [3.05, 3.63) is 41.7 Å². The van der Waals surface area contributed by atoms with Crippen molar-refractivity contribution in [2.24, 2.45) is 0 Å². The molecule has 1 aromatic carbocycles. The second kappa shape index (κ2) is 7.62. The third-order valence-electron chi connectivity index (χ3n) is 2.85. The molecule has 0 spiro atoms. The summed E-state index contributed by atoms with van der Waals surface area (Å²) in [7, 11) is 1.41. The summed E-state index contributed by atoms with van der Waals surface area (Å²) in [5, 5.41) is 27.6. The van der Waals surface area contributed by atoms with E-state index in [9.17, 15) is 14.3 Å². The number of carboxylic acid groups (broad SMARTS) is 1. The molecule has 0 heterocycles. The molecule has 0 radical (unpaired) electrons. The number of halogens is 1. The van der Waals surface area contributed by atoms with Crippen LogP contribution in [0.15, 0.2) is 30.4 Å². The van der Waals surface area contributed by atoms with Crippen LogP contribution in [0.5, 0.6) is 5.75 Å². The van der Waals surface area contributed by atoms with Crippen molar-refractivity contribution in [2.75, 3.05) is 7.11 Å². The first-order valence-corrected chi connectivity index (χ1v) is 6.04. The summed E-state index contributed by atoms with van der Waals surface area (Å²) in [4.78, 5) is 10.3. The molecular formula is C14H17FO5. The molecule has 5 nitrogen and oxygen atoms in total. The summed E-state index contributed by atoms with van der Waals surface area (Å²) in [6.45, 7) is 0. The first kappa shape index (κ1) is 16.1. The molecule has 0 saturated carbocycles. The number of allylic oxidation sites excluding steroid dienone is 1. The number of phenolic OH excluding ortho intramolecular Hbond substituents is 1. The number of aromatic hydroxyl groups is 1. The van der Waals surface area contributed by atoms with Crippen LogP contribution in [-0.2, 0) is 9.53 Å². The van der Waals surface area contributed by atoms with Gasteiger partial charge < -0.3 is 20.1 Å². The van der Waals surface area contributed by atoms with Gasteiger partial charge in [-0.2, -0.15) is 0 Å². The van der Waals surface area contributed by atoms with Crippen LogP contribution in [-0.4, -0.2) is 34.5 Å². The number of carboxylic acids is 1. The number of aliphatic carboxylic acids is 1. The van der Waals surface area contributed by atoms with E-state index in [0.29, 0.717) is 12.8 Å². The van der Waals surface area contributed by atoms with Crippen LogP contribution in [0.1, 0.15) is 24.5 Å². The molecule has 0 aliphatic rings. The van der Waals surface area contributed by atoms with Crippen molar-refractivity contribution in [1.29, 1.82) is 0 Å². The maximum atomic E-state index is 13.2. The second-order valence-electron chi connectivity index (χ2n) is 4.25. The Morgan fingerprint density at radius 2 is 2.20 bits per heavy atom. The first-order chi connectivity index (χ1) is 9.45. The summed E-state index contributed by atoms with van der Waals surface area (Å²) in [5.74, 6) is -2.35. The quantitative estimate of drug-likeness (QED) is 0.667. The van der Waals surface area contributed by atoms with Gasteiger partial charge in [-0.05, 0) is 30.5 Å². The fourth-order valence-electron chi connectivity index (χ4n) is 1.77. The van der Waals surface area contributed by atoms with Crippen LogP contribution >= 0.6 is 0 Å². The lowest BCUT2D eigenvalue weighted by atomic mass is 10.0. The van der Waals surface area contributed by atoms with Crippen LogP contribution < -0.4 is 0 Å². The number of hydrogen-bond donors (Lipinski definition) is 3. The van der Waals surface area contributed by atoms with Crippen molar-refractivity contribution in [3.8, 4) is 5.75 Å². The Kier molecular flexibility index (Phi) is 6.14. The molecule has 1 aromatic rings. The fourth-order valence-corrected chi connectivity index (χ4v) is 1.77. The summed E-state index contributed by atoms with van der Waals surface area (Å²) in [6.07, 6.45) is 1.59. The van der Waals surface area contributed by atoms with Gasteiger partial charge in [0.2, 0.25) is 0 Å². The van der Waals surface area contributed by atoms with Gasteiger partial charge >= 0.3 is 5.97 Å². The van der Waals surface area contributed by atoms with Crippen LogP contribution in [0, 0.1) is 5.82 Å². The Morgan fingerprint density at radius 1 is 1.50 bits per heavy atom. The van der Waals surface area contributed by atoms with E-state index in [2.05, 4.69) is 0 Å².